The van der Waals surface area contributed by atoms with Crippen molar-refractivity contribution >= 4 is 5.82 Å². The second kappa shape index (κ2) is 4.37. The van der Waals surface area contributed by atoms with Crippen molar-refractivity contribution in [3.63, 3.8) is 0 Å². The Morgan fingerprint density at radius 1 is 1.61 bits per heavy atom. The highest BCUT2D eigenvalue weighted by Crippen LogP contribution is 2.48. The first kappa shape index (κ1) is 13.0. The lowest BCUT2D eigenvalue weighted by Crippen LogP contribution is -2.35. The minimum absolute atomic E-state index is 0.0573. The van der Waals surface area contributed by atoms with Gasteiger partial charge in [-0.15, -0.1) is 0 Å². The summed E-state index contributed by atoms with van der Waals surface area (Å²) in [6.07, 6.45) is 0.878. The van der Waals surface area contributed by atoms with E-state index in [0.717, 1.165) is 0 Å². The smallest absolute Gasteiger partial charge is 0.351 e. The molecule has 1 saturated heterocycles. The number of aromatic nitrogens is 2. The Balaban J connectivity index is 2.42. The summed E-state index contributed by atoms with van der Waals surface area (Å²) >= 11 is 0. The predicted octanol–water partition coefficient (Wildman–Crippen LogP) is 0.377. The Labute approximate surface area is 105 Å². The molecular weight excluding hydrogens is 234 g/mol. The molecule has 1 aliphatic rings. The van der Waals surface area contributed by atoms with Crippen LogP contribution in [0.25, 0.3) is 0 Å². The van der Waals surface area contributed by atoms with Crippen LogP contribution in [0.1, 0.15) is 27.0 Å². The SMILES string of the molecule is CC1C(CO)O[C@@H](n2ccc(N)nc2=O)C1(C)C. The molecule has 3 N–H and O–H groups in total. The molecule has 0 bridgehead atoms. The normalized spacial score (nSPS) is 30.6. The zero-order chi connectivity index (χ0) is 13.5. The topological polar surface area (TPSA) is 90.4 Å². The highest BCUT2D eigenvalue weighted by Gasteiger charge is 2.48. The fourth-order valence-electron chi connectivity index (χ4n) is 2.39. The van der Waals surface area contributed by atoms with Crippen molar-refractivity contribution in [3.05, 3.63) is 22.7 Å². The molecular formula is C12H19N3O3. The Hall–Kier alpha value is -1.40. The third-order valence-corrected chi connectivity index (χ3v) is 3.96. The van der Waals surface area contributed by atoms with Crippen LogP contribution in [-0.2, 0) is 4.74 Å². The quantitative estimate of drug-likeness (QED) is 0.795. The van der Waals surface area contributed by atoms with Gasteiger partial charge < -0.3 is 15.6 Å². The van der Waals surface area contributed by atoms with E-state index in [2.05, 4.69) is 4.98 Å². The molecule has 0 spiro atoms. The van der Waals surface area contributed by atoms with E-state index >= 15 is 0 Å². The average Bonchev–Trinajstić information content (AvgIpc) is 2.52. The van der Waals surface area contributed by atoms with Gasteiger partial charge in [0.05, 0.1) is 12.7 Å². The van der Waals surface area contributed by atoms with Gasteiger partial charge in [-0.25, -0.2) is 4.79 Å². The maximum absolute atomic E-state index is 11.8. The molecule has 0 aliphatic carbocycles. The minimum atomic E-state index is -0.440. The second-order valence-electron chi connectivity index (χ2n) is 5.36. The van der Waals surface area contributed by atoms with Gasteiger partial charge in [0.2, 0.25) is 0 Å². The van der Waals surface area contributed by atoms with Crippen LogP contribution in [0, 0.1) is 11.3 Å². The zero-order valence-electron chi connectivity index (χ0n) is 10.8. The zero-order valence-corrected chi connectivity index (χ0v) is 10.8. The van der Waals surface area contributed by atoms with Crippen molar-refractivity contribution in [2.75, 3.05) is 12.3 Å². The molecule has 1 aromatic heterocycles. The van der Waals surface area contributed by atoms with Gasteiger partial charge in [-0.1, -0.05) is 20.8 Å². The molecule has 3 atom stereocenters. The monoisotopic (exact) mass is 253 g/mol. The number of anilines is 1. The van der Waals surface area contributed by atoms with Gasteiger partial charge >= 0.3 is 5.69 Å². The molecule has 1 aromatic rings. The number of hydrogen-bond donors (Lipinski definition) is 2. The number of nitrogen functional groups attached to an aromatic ring is 1. The molecule has 6 nitrogen and oxygen atoms in total. The maximum atomic E-state index is 11.8. The molecule has 100 valence electrons. The first-order chi connectivity index (χ1) is 8.37. The molecule has 18 heavy (non-hydrogen) atoms. The lowest BCUT2D eigenvalue weighted by molar-refractivity contribution is -0.0500. The predicted molar refractivity (Wildman–Crippen MR) is 66.9 cm³/mol. The molecule has 0 amide bonds. The summed E-state index contributed by atoms with van der Waals surface area (Å²) < 4.78 is 7.21. The average molecular weight is 253 g/mol. The number of ether oxygens (including phenoxy) is 1. The molecule has 2 rings (SSSR count). The number of nitrogens with zero attached hydrogens (tertiary/aromatic N) is 2. The van der Waals surface area contributed by atoms with Crippen LogP contribution in [-0.4, -0.2) is 27.4 Å². The van der Waals surface area contributed by atoms with Crippen molar-refractivity contribution < 1.29 is 9.84 Å². The summed E-state index contributed by atoms with van der Waals surface area (Å²) in [5.74, 6) is 0.329. The van der Waals surface area contributed by atoms with Crippen molar-refractivity contribution in [3.8, 4) is 0 Å². The van der Waals surface area contributed by atoms with Gasteiger partial charge in [0.15, 0.2) is 0 Å². The summed E-state index contributed by atoms with van der Waals surface area (Å²) in [4.78, 5) is 15.5. The summed E-state index contributed by atoms with van der Waals surface area (Å²) in [6.45, 7) is 5.98. The van der Waals surface area contributed by atoms with Crippen molar-refractivity contribution in [2.24, 2.45) is 11.3 Å². The summed E-state index contributed by atoms with van der Waals surface area (Å²) in [7, 11) is 0. The highest BCUT2D eigenvalue weighted by molar-refractivity contribution is 5.23. The van der Waals surface area contributed by atoms with Crippen LogP contribution in [0.5, 0.6) is 0 Å². The van der Waals surface area contributed by atoms with Crippen molar-refractivity contribution in [2.45, 2.75) is 33.1 Å². The Kier molecular flexibility index (Phi) is 3.16. The van der Waals surface area contributed by atoms with Gasteiger partial charge in [0.1, 0.15) is 12.0 Å². The number of aliphatic hydroxyl groups is 1. The summed E-state index contributed by atoms with van der Waals surface area (Å²) in [6, 6.07) is 1.57. The van der Waals surface area contributed by atoms with Gasteiger partial charge in [0, 0.05) is 11.6 Å². The Morgan fingerprint density at radius 3 is 2.78 bits per heavy atom. The maximum Gasteiger partial charge on any atom is 0.351 e. The van der Waals surface area contributed by atoms with E-state index in [-0.39, 0.29) is 29.9 Å². The molecule has 0 saturated carbocycles. The molecule has 0 radical (unpaired) electrons. The van der Waals surface area contributed by atoms with Crippen molar-refractivity contribution in [1.82, 2.24) is 9.55 Å². The van der Waals surface area contributed by atoms with Crippen LogP contribution < -0.4 is 11.4 Å². The summed E-state index contributed by atoms with van der Waals surface area (Å²) in [5.41, 5.74) is 4.77. The van der Waals surface area contributed by atoms with E-state index in [1.165, 1.54) is 4.57 Å². The van der Waals surface area contributed by atoms with E-state index in [1.54, 1.807) is 12.3 Å². The van der Waals surface area contributed by atoms with E-state index in [4.69, 9.17) is 10.5 Å². The first-order valence-corrected chi connectivity index (χ1v) is 5.99. The van der Waals surface area contributed by atoms with Gasteiger partial charge in [-0.3, -0.25) is 4.57 Å². The number of aliphatic hydroxyl groups excluding tert-OH is 1. The minimum Gasteiger partial charge on any atom is -0.394 e. The molecule has 2 unspecified atom stereocenters. The van der Waals surface area contributed by atoms with Gasteiger partial charge in [-0.05, 0) is 12.0 Å². The fourth-order valence-corrected chi connectivity index (χ4v) is 2.39. The summed E-state index contributed by atoms with van der Waals surface area (Å²) in [5, 5.41) is 9.30. The van der Waals surface area contributed by atoms with E-state index in [9.17, 15) is 9.90 Å². The van der Waals surface area contributed by atoms with Gasteiger partial charge in [0.25, 0.3) is 0 Å². The molecule has 2 heterocycles. The lowest BCUT2D eigenvalue weighted by atomic mass is 9.78. The van der Waals surface area contributed by atoms with E-state index < -0.39 is 11.9 Å². The van der Waals surface area contributed by atoms with E-state index in [1.807, 2.05) is 20.8 Å². The molecule has 0 aromatic carbocycles. The standard InChI is InChI=1S/C12H19N3O3/c1-7-8(6-16)18-10(12(7,2)3)15-5-4-9(13)14-11(15)17/h4-5,7-8,10,16H,6H2,1-3H3,(H2,13,14,17)/t7?,8?,10-/m1/s1. The highest BCUT2D eigenvalue weighted by atomic mass is 16.5. The largest absolute Gasteiger partial charge is 0.394 e. The lowest BCUT2D eigenvalue weighted by Gasteiger charge is -2.29. The number of nitrogens with two attached hydrogens (primary N) is 1. The van der Waals surface area contributed by atoms with Crippen molar-refractivity contribution in [1.29, 1.82) is 0 Å². The van der Waals surface area contributed by atoms with Crippen LogP contribution in [0.3, 0.4) is 0 Å². The Morgan fingerprint density at radius 2 is 2.28 bits per heavy atom. The molecule has 1 aliphatic heterocycles. The van der Waals surface area contributed by atoms with Gasteiger partial charge in [-0.2, -0.15) is 4.98 Å². The fraction of sp³-hybridized carbons (Fsp3) is 0.667. The molecule has 1 fully saturated rings. The third kappa shape index (κ3) is 1.91. The number of rotatable bonds is 2. The van der Waals surface area contributed by atoms with Crippen LogP contribution in [0.2, 0.25) is 0 Å². The second-order valence-corrected chi connectivity index (χ2v) is 5.36. The number of hydrogen-bond acceptors (Lipinski definition) is 5. The van der Waals surface area contributed by atoms with Crippen LogP contribution >= 0.6 is 0 Å². The van der Waals surface area contributed by atoms with Crippen LogP contribution in [0.15, 0.2) is 17.1 Å². The van der Waals surface area contributed by atoms with E-state index in [0.29, 0.717) is 0 Å². The first-order valence-electron chi connectivity index (χ1n) is 5.99. The third-order valence-electron chi connectivity index (χ3n) is 3.96. The van der Waals surface area contributed by atoms with Crippen LogP contribution in [0.4, 0.5) is 5.82 Å². The Bertz CT molecular complexity index is 498. The molecule has 6 heteroatoms.